The molecule has 0 aliphatic carbocycles. The first-order valence-corrected chi connectivity index (χ1v) is 9.84. The summed E-state index contributed by atoms with van der Waals surface area (Å²) in [5.41, 5.74) is 2.96. The zero-order valence-electron chi connectivity index (χ0n) is 17.0. The molecule has 1 aliphatic rings. The molecule has 7 heteroatoms. The smallest absolute Gasteiger partial charge is 0.311 e. The second kappa shape index (κ2) is 9.35. The van der Waals surface area contributed by atoms with Crippen LogP contribution in [-0.2, 0) is 25.5 Å². The Morgan fingerprint density at radius 1 is 1.07 bits per heavy atom. The minimum absolute atomic E-state index is 0.0580. The molecular formula is C23H24N2O5. The molecular weight excluding hydrogens is 384 g/mol. The van der Waals surface area contributed by atoms with E-state index in [1.807, 2.05) is 24.3 Å². The number of benzene rings is 2. The van der Waals surface area contributed by atoms with E-state index in [2.05, 4.69) is 12.2 Å². The molecule has 1 atom stereocenters. The highest BCUT2D eigenvalue weighted by molar-refractivity contribution is 6.00. The van der Waals surface area contributed by atoms with Gasteiger partial charge in [-0.15, -0.1) is 0 Å². The molecule has 2 aromatic rings. The van der Waals surface area contributed by atoms with E-state index in [4.69, 9.17) is 4.74 Å². The quantitative estimate of drug-likeness (QED) is 0.562. The standard InChI is InChI=1S/C23H24N2O5/c1-3-16-4-10-20(11-5-16)25-13-18(12-22(25)28)23(29)30-14-21(27)24-19-8-6-17(7-9-19)15(2)26/h4-11,18H,3,12-14H2,1-2H3,(H,24,27)/t18-/m0/s1. The summed E-state index contributed by atoms with van der Waals surface area (Å²) in [6.07, 6.45) is 0.967. The van der Waals surface area contributed by atoms with Gasteiger partial charge in [-0.3, -0.25) is 19.2 Å². The van der Waals surface area contributed by atoms with Crippen molar-refractivity contribution in [1.29, 1.82) is 0 Å². The minimum Gasteiger partial charge on any atom is -0.455 e. The first-order chi connectivity index (χ1) is 14.4. The van der Waals surface area contributed by atoms with Crippen LogP contribution in [0.1, 0.15) is 36.2 Å². The highest BCUT2D eigenvalue weighted by Crippen LogP contribution is 2.26. The van der Waals surface area contributed by atoms with E-state index in [0.29, 0.717) is 11.3 Å². The molecule has 1 fully saturated rings. The maximum atomic E-state index is 12.3. The maximum Gasteiger partial charge on any atom is 0.311 e. The van der Waals surface area contributed by atoms with Crippen molar-refractivity contribution in [2.75, 3.05) is 23.4 Å². The number of esters is 1. The number of ether oxygens (including phenoxy) is 1. The van der Waals surface area contributed by atoms with Gasteiger partial charge in [-0.1, -0.05) is 19.1 Å². The molecule has 7 nitrogen and oxygen atoms in total. The van der Waals surface area contributed by atoms with E-state index in [-0.39, 0.29) is 24.7 Å². The van der Waals surface area contributed by atoms with Crippen molar-refractivity contribution in [1.82, 2.24) is 0 Å². The number of carbonyl (C=O) groups is 4. The van der Waals surface area contributed by atoms with Gasteiger partial charge in [0, 0.05) is 29.9 Å². The van der Waals surface area contributed by atoms with Gasteiger partial charge in [-0.2, -0.15) is 0 Å². The number of nitrogens with zero attached hydrogens (tertiary/aromatic N) is 1. The Balaban J connectivity index is 1.50. The summed E-state index contributed by atoms with van der Waals surface area (Å²) >= 11 is 0. The highest BCUT2D eigenvalue weighted by Gasteiger charge is 2.36. The van der Waals surface area contributed by atoms with Gasteiger partial charge in [-0.25, -0.2) is 0 Å². The molecule has 1 heterocycles. The van der Waals surface area contributed by atoms with Crippen molar-refractivity contribution in [3.05, 3.63) is 59.7 Å². The number of aryl methyl sites for hydroxylation is 1. The summed E-state index contributed by atoms with van der Waals surface area (Å²) in [5.74, 6) is -1.88. The highest BCUT2D eigenvalue weighted by atomic mass is 16.5. The van der Waals surface area contributed by atoms with Gasteiger partial charge in [0.2, 0.25) is 5.91 Å². The molecule has 156 valence electrons. The first-order valence-electron chi connectivity index (χ1n) is 9.84. The van der Waals surface area contributed by atoms with Crippen LogP contribution in [0.25, 0.3) is 0 Å². The van der Waals surface area contributed by atoms with Gasteiger partial charge in [0.1, 0.15) is 0 Å². The van der Waals surface area contributed by atoms with Crippen LogP contribution in [0.5, 0.6) is 0 Å². The lowest BCUT2D eigenvalue weighted by atomic mass is 10.1. The van der Waals surface area contributed by atoms with Crippen LogP contribution < -0.4 is 10.2 Å². The minimum atomic E-state index is -0.606. The molecule has 0 unspecified atom stereocenters. The Kier molecular flexibility index (Phi) is 6.61. The number of hydrogen-bond acceptors (Lipinski definition) is 5. The molecule has 1 saturated heterocycles. The van der Waals surface area contributed by atoms with Crippen LogP contribution in [0.3, 0.4) is 0 Å². The Morgan fingerprint density at radius 3 is 2.33 bits per heavy atom. The first kappa shape index (κ1) is 21.2. The van der Waals surface area contributed by atoms with Crippen LogP contribution in [0.15, 0.2) is 48.5 Å². The normalized spacial score (nSPS) is 15.7. The van der Waals surface area contributed by atoms with Crippen molar-refractivity contribution >= 4 is 34.9 Å². The van der Waals surface area contributed by atoms with E-state index < -0.39 is 24.4 Å². The second-order valence-electron chi connectivity index (χ2n) is 7.21. The second-order valence-corrected chi connectivity index (χ2v) is 7.21. The fourth-order valence-electron chi connectivity index (χ4n) is 3.27. The molecule has 0 bridgehead atoms. The fraction of sp³-hybridized carbons (Fsp3) is 0.304. The lowest BCUT2D eigenvalue weighted by Gasteiger charge is -2.17. The summed E-state index contributed by atoms with van der Waals surface area (Å²) in [5, 5.41) is 2.60. The van der Waals surface area contributed by atoms with Crippen molar-refractivity contribution in [3.63, 3.8) is 0 Å². The summed E-state index contributed by atoms with van der Waals surface area (Å²) < 4.78 is 5.11. The topological polar surface area (TPSA) is 92.8 Å². The monoisotopic (exact) mass is 408 g/mol. The van der Waals surface area contributed by atoms with Gasteiger partial charge in [0.25, 0.3) is 5.91 Å². The lowest BCUT2D eigenvalue weighted by Crippen LogP contribution is -2.28. The van der Waals surface area contributed by atoms with Crippen molar-refractivity contribution < 1.29 is 23.9 Å². The summed E-state index contributed by atoms with van der Waals surface area (Å²) in [4.78, 5) is 49.5. The van der Waals surface area contributed by atoms with Crippen molar-refractivity contribution in [2.24, 2.45) is 5.92 Å². The summed E-state index contributed by atoms with van der Waals surface area (Å²) in [7, 11) is 0. The zero-order chi connectivity index (χ0) is 21.7. The third-order valence-electron chi connectivity index (χ3n) is 5.04. The van der Waals surface area contributed by atoms with E-state index in [9.17, 15) is 19.2 Å². The Morgan fingerprint density at radius 2 is 1.73 bits per heavy atom. The predicted molar refractivity (Wildman–Crippen MR) is 112 cm³/mol. The predicted octanol–water partition coefficient (Wildman–Crippen LogP) is 2.99. The van der Waals surface area contributed by atoms with Crippen molar-refractivity contribution in [2.45, 2.75) is 26.7 Å². The van der Waals surface area contributed by atoms with Gasteiger partial charge < -0.3 is 15.0 Å². The van der Waals surface area contributed by atoms with Crippen LogP contribution in [0, 0.1) is 5.92 Å². The summed E-state index contributed by atoms with van der Waals surface area (Å²) in [6.45, 7) is 3.31. The number of anilines is 2. The van der Waals surface area contributed by atoms with E-state index >= 15 is 0 Å². The molecule has 2 amide bonds. The van der Waals surface area contributed by atoms with Crippen LogP contribution in [-0.4, -0.2) is 36.7 Å². The molecule has 1 N–H and O–H groups in total. The molecule has 0 spiro atoms. The lowest BCUT2D eigenvalue weighted by molar-refractivity contribution is -0.151. The van der Waals surface area contributed by atoms with E-state index in [0.717, 1.165) is 12.1 Å². The fourth-order valence-corrected chi connectivity index (χ4v) is 3.27. The van der Waals surface area contributed by atoms with E-state index in [1.165, 1.54) is 12.5 Å². The average molecular weight is 408 g/mol. The van der Waals surface area contributed by atoms with Crippen LogP contribution in [0.4, 0.5) is 11.4 Å². The number of carbonyl (C=O) groups excluding carboxylic acids is 4. The van der Waals surface area contributed by atoms with Crippen molar-refractivity contribution in [3.8, 4) is 0 Å². The SMILES string of the molecule is CCc1ccc(N2C[C@@H](C(=O)OCC(=O)Nc3ccc(C(C)=O)cc3)CC2=O)cc1. The number of rotatable bonds is 7. The molecule has 0 saturated carbocycles. The van der Waals surface area contributed by atoms with E-state index in [1.54, 1.807) is 29.2 Å². The Labute approximate surface area is 175 Å². The number of amides is 2. The average Bonchev–Trinajstić information content (AvgIpc) is 3.14. The van der Waals surface area contributed by atoms with Gasteiger partial charge in [0.15, 0.2) is 12.4 Å². The third kappa shape index (κ3) is 5.11. The number of ketones is 1. The maximum absolute atomic E-state index is 12.3. The number of nitrogens with one attached hydrogen (secondary N) is 1. The molecule has 30 heavy (non-hydrogen) atoms. The molecule has 3 rings (SSSR count). The van der Waals surface area contributed by atoms with Gasteiger partial charge in [-0.05, 0) is 55.3 Å². The summed E-state index contributed by atoms with van der Waals surface area (Å²) in [6, 6.07) is 14.1. The largest absolute Gasteiger partial charge is 0.455 e. The molecule has 2 aromatic carbocycles. The van der Waals surface area contributed by atoms with Crippen LogP contribution >= 0.6 is 0 Å². The van der Waals surface area contributed by atoms with Crippen LogP contribution in [0.2, 0.25) is 0 Å². The third-order valence-corrected chi connectivity index (χ3v) is 5.04. The molecule has 1 aliphatic heterocycles. The number of Topliss-reactive ketones (excluding diaryl/α,β-unsaturated/α-hetero) is 1. The molecule has 0 aromatic heterocycles. The van der Waals surface area contributed by atoms with Gasteiger partial charge in [0.05, 0.1) is 5.92 Å². The van der Waals surface area contributed by atoms with Gasteiger partial charge >= 0.3 is 5.97 Å². The number of hydrogen-bond donors (Lipinski definition) is 1. The molecule has 0 radical (unpaired) electrons. The Hall–Kier alpha value is -3.48. The Bertz CT molecular complexity index is 951. The zero-order valence-corrected chi connectivity index (χ0v) is 17.0.